The predicted octanol–water partition coefficient (Wildman–Crippen LogP) is 3.52. The van der Waals surface area contributed by atoms with E-state index in [1.165, 1.54) is 12.8 Å². The minimum Gasteiger partial charge on any atom is -0.407 e. The fraction of sp³-hybridized carbons (Fsp3) is 1.00. The van der Waals surface area contributed by atoms with E-state index in [0.717, 1.165) is 24.7 Å². The molecule has 0 radical (unpaired) electrons. The molecule has 26 heavy (non-hydrogen) atoms. The molecule has 2 heterocycles. The largest absolute Gasteiger partial charge is 0.488 e. The van der Waals surface area contributed by atoms with Gasteiger partial charge in [0.25, 0.3) is 0 Å². The lowest BCUT2D eigenvalue weighted by Crippen LogP contribution is -2.65. The van der Waals surface area contributed by atoms with Crippen molar-refractivity contribution in [1.29, 1.82) is 0 Å². The van der Waals surface area contributed by atoms with Crippen molar-refractivity contribution in [2.45, 2.75) is 90.6 Å². The SMILES string of the molecule is CC1(C)[C@@H]2C[C@@H]3OB(B4O[C@@H]5C[C@H]6C[C@@H](C6(C)C)[C@]5(C)O4)O[C@@]3(C)[C@H]1C2. The van der Waals surface area contributed by atoms with E-state index in [0.29, 0.717) is 22.7 Å². The summed E-state index contributed by atoms with van der Waals surface area (Å²) in [5.74, 6) is 2.70. The van der Waals surface area contributed by atoms with Gasteiger partial charge in [0.15, 0.2) is 0 Å². The van der Waals surface area contributed by atoms with Gasteiger partial charge in [0.1, 0.15) is 0 Å². The summed E-state index contributed by atoms with van der Waals surface area (Å²) >= 11 is 0. The van der Waals surface area contributed by atoms with Crippen molar-refractivity contribution < 1.29 is 18.6 Å². The van der Waals surface area contributed by atoms with E-state index in [2.05, 4.69) is 41.5 Å². The summed E-state index contributed by atoms with van der Waals surface area (Å²) in [4.78, 5) is 0. The molecule has 8 aliphatic rings. The van der Waals surface area contributed by atoms with E-state index in [-0.39, 0.29) is 37.4 Å². The van der Waals surface area contributed by atoms with Gasteiger partial charge in [-0.05, 0) is 74.0 Å². The van der Waals surface area contributed by atoms with Gasteiger partial charge in [0, 0.05) is 0 Å². The fourth-order valence-corrected chi connectivity index (χ4v) is 8.03. The quantitative estimate of drug-likeness (QED) is 0.673. The maximum atomic E-state index is 6.60. The molecule has 0 aromatic carbocycles. The third-order valence-corrected chi connectivity index (χ3v) is 10.2. The second-order valence-electron chi connectivity index (χ2n) is 11.7. The van der Waals surface area contributed by atoms with E-state index >= 15 is 0 Å². The smallest absolute Gasteiger partial charge is 0.407 e. The first-order valence-corrected chi connectivity index (χ1v) is 10.7. The Bertz CT molecular complexity index is 612. The molecule has 6 heteroatoms. The Labute approximate surface area is 158 Å². The molecule has 6 aliphatic carbocycles. The van der Waals surface area contributed by atoms with Gasteiger partial charge in [-0.15, -0.1) is 0 Å². The van der Waals surface area contributed by atoms with Crippen molar-refractivity contribution in [2.24, 2.45) is 34.5 Å². The van der Waals surface area contributed by atoms with Gasteiger partial charge >= 0.3 is 14.0 Å². The molecule has 2 saturated heterocycles. The Kier molecular flexibility index (Phi) is 2.97. The maximum Gasteiger partial charge on any atom is 0.488 e. The Morgan fingerprint density at radius 2 is 1.00 bits per heavy atom. The van der Waals surface area contributed by atoms with Gasteiger partial charge in [-0.1, -0.05) is 27.7 Å². The minimum absolute atomic E-state index is 0.189. The van der Waals surface area contributed by atoms with Crippen LogP contribution in [-0.4, -0.2) is 37.4 Å². The molecule has 0 N–H and O–H groups in total. The van der Waals surface area contributed by atoms with Crippen molar-refractivity contribution in [3.8, 4) is 0 Å². The summed E-state index contributed by atoms with van der Waals surface area (Å²) in [6.07, 6.45) is 5.17. The molecule has 0 amide bonds. The molecule has 0 spiro atoms. The van der Waals surface area contributed by atoms with Crippen LogP contribution in [0.2, 0.25) is 0 Å². The zero-order chi connectivity index (χ0) is 18.3. The summed E-state index contributed by atoms with van der Waals surface area (Å²) in [6.45, 7) is 14.1. The third kappa shape index (κ3) is 1.71. The highest BCUT2D eigenvalue weighted by Gasteiger charge is 2.73. The number of hydrogen-bond donors (Lipinski definition) is 0. The fourth-order valence-electron chi connectivity index (χ4n) is 8.03. The molecular formula is C20H32B2O4. The molecule has 142 valence electrons. The van der Waals surface area contributed by atoms with Gasteiger partial charge in [-0.25, -0.2) is 0 Å². The van der Waals surface area contributed by atoms with E-state index in [4.69, 9.17) is 18.6 Å². The highest BCUT2D eigenvalue weighted by Crippen LogP contribution is 2.67. The van der Waals surface area contributed by atoms with Crippen LogP contribution >= 0.6 is 0 Å². The molecule has 0 unspecified atom stereocenters. The first-order chi connectivity index (χ1) is 12.1. The van der Waals surface area contributed by atoms with Crippen molar-refractivity contribution in [1.82, 2.24) is 0 Å². The molecule has 6 saturated carbocycles. The summed E-state index contributed by atoms with van der Waals surface area (Å²) in [7, 11) is -0.745. The van der Waals surface area contributed by atoms with Crippen LogP contribution in [-0.2, 0) is 18.6 Å². The molecule has 2 aliphatic heterocycles. The van der Waals surface area contributed by atoms with Crippen LogP contribution in [0.5, 0.6) is 0 Å². The summed E-state index contributed by atoms with van der Waals surface area (Å²) in [5, 5.41) is 0. The first kappa shape index (κ1) is 16.9. The van der Waals surface area contributed by atoms with E-state index < -0.39 is 0 Å². The average Bonchev–Trinajstić information content (AvgIpc) is 3.09. The normalized spacial score (nSPS) is 57.9. The van der Waals surface area contributed by atoms with Gasteiger partial charge in [-0.2, -0.15) is 0 Å². The van der Waals surface area contributed by atoms with Gasteiger partial charge < -0.3 is 18.6 Å². The molecule has 8 rings (SSSR count). The molecule has 0 aromatic heterocycles. The average molecular weight is 358 g/mol. The standard InChI is InChI=1S/C20H32B2O4/c1-17(2)11-7-13(17)19(5)15(9-11)23-21(25-19)22-24-16-10-12-8-14(18(12,3)4)20(16,6)26-22/h11-16H,7-10H2,1-6H3/t11-,12+,13-,14-,15-,16+,19-,20-/m0/s1. The monoisotopic (exact) mass is 358 g/mol. The molecule has 4 nitrogen and oxygen atoms in total. The molecular weight excluding hydrogens is 326 g/mol. The highest BCUT2D eigenvalue weighted by atomic mass is 16.7. The molecule has 0 aromatic rings. The van der Waals surface area contributed by atoms with Crippen molar-refractivity contribution >= 4 is 14.0 Å². The maximum absolute atomic E-state index is 6.60. The Morgan fingerprint density at radius 3 is 1.35 bits per heavy atom. The predicted molar refractivity (Wildman–Crippen MR) is 100 cm³/mol. The van der Waals surface area contributed by atoms with Crippen LogP contribution in [0.3, 0.4) is 0 Å². The number of hydrogen-bond acceptors (Lipinski definition) is 4. The van der Waals surface area contributed by atoms with Gasteiger partial charge in [-0.3, -0.25) is 0 Å². The van der Waals surface area contributed by atoms with Gasteiger partial charge in [0.2, 0.25) is 0 Å². The van der Waals surface area contributed by atoms with Crippen LogP contribution in [0.25, 0.3) is 0 Å². The van der Waals surface area contributed by atoms with Crippen LogP contribution in [0.1, 0.15) is 67.2 Å². The lowest BCUT2D eigenvalue weighted by molar-refractivity contribution is -0.200. The van der Waals surface area contributed by atoms with Gasteiger partial charge in [0.05, 0.1) is 23.4 Å². The second kappa shape index (κ2) is 4.58. The zero-order valence-corrected chi connectivity index (χ0v) is 17.1. The molecule has 4 bridgehead atoms. The van der Waals surface area contributed by atoms with E-state index in [9.17, 15) is 0 Å². The lowest BCUT2D eigenvalue weighted by Gasteiger charge is -2.64. The third-order valence-electron chi connectivity index (χ3n) is 10.2. The van der Waals surface area contributed by atoms with Crippen LogP contribution in [0.4, 0.5) is 0 Å². The van der Waals surface area contributed by atoms with Crippen LogP contribution in [0.15, 0.2) is 0 Å². The zero-order valence-electron chi connectivity index (χ0n) is 17.1. The Balaban J connectivity index is 1.24. The lowest BCUT2D eigenvalue weighted by atomic mass is 9.43. The topological polar surface area (TPSA) is 36.9 Å². The Hall–Kier alpha value is -0.0301. The molecule has 8 atom stereocenters. The second-order valence-corrected chi connectivity index (χ2v) is 11.7. The number of rotatable bonds is 1. The molecule has 8 fully saturated rings. The van der Waals surface area contributed by atoms with Crippen LogP contribution in [0, 0.1) is 34.5 Å². The van der Waals surface area contributed by atoms with Crippen molar-refractivity contribution in [2.75, 3.05) is 0 Å². The van der Waals surface area contributed by atoms with E-state index in [1.807, 2.05) is 0 Å². The van der Waals surface area contributed by atoms with E-state index in [1.54, 1.807) is 0 Å². The van der Waals surface area contributed by atoms with Crippen molar-refractivity contribution in [3.05, 3.63) is 0 Å². The first-order valence-electron chi connectivity index (χ1n) is 10.7. The Morgan fingerprint density at radius 1 is 0.615 bits per heavy atom. The summed E-state index contributed by atoms with van der Waals surface area (Å²) in [6, 6.07) is 0. The summed E-state index contributed by atoms with van der Waals surface area (Å²) in [5.41, 5.74) is 0.357. The van der Waals surface area contributed by atoms with Crippen molar-refractivity contribution in [3.63, 3.8) is 0 Å². The summed E-state index contributed by atoms with van der Waals surface area (Å²) < 4.78 is 26.1. The highest BCUT2D eigenvalue weighted by molar-refractivity contribution is 7.11. The minimum atomic E-state index is -0.372. The van der Waals surface area contributed by atoms with Crippen LogP contribution < -0.4 is 0 Å².